The third-order valence-electron chi connectivity index (χ3n) is 1.88. The molecule has 0 unspecified atom stereocenters. The highest BCUT2D eigenvalue weighted by molar-refractivity contribution is 5.98. The second-order valence-electron chi connectivity index (χ2n) is 2.95. The Hall–Kier alpha value is -1.84. The van der Waals surface area contributed by atoms with E-state index in [2.05, 4.69) is 5.10 Å². The number of rotatable bonds is 1. The van der Waals surface area contributed by atoms with Gasteiger partial charge in [0.05, 0.1) is 5.69 Å². The van der Waals surface area contributed by atoms with Crippen molar-refractivity contribution in [3.63, 3.8) is 0 Å². The molecule has 4 nitrogen and oxygen atoms in total. The van der Waals surface area contributed by atoms with Crippen LogP contribution in [0.15, 0.2) is 35.4 Å². The van der Waals surface area contributed by atoms with Crippen molar-refractivity contribution in [2.75, 3.05) is 11.6 Å². The fourth-order valence-electron chi connectivity index (χ4n) is 1.22. The lowest BCUT2D eigenvalue weighted by molar-refractivity contribution is -0.121. The van der Waals surface area contributed by atoms with Gasteiger partial charge in [0.1, 0.15) is 0 Å². The summed E-state index contributed by atoms with van der Waals surface area (Å²) in [7, 11) is 0. The fraction of sp³-hybridized carbons (Fsp3) is 0.200. The number of hydrogen-bond donors (Lipinski definition) is 0. The SMILES string of the molecule is CC1=NN(c2ccccc2)C(=O)CO1. The molecule has 14 heavy (non-hydrogen) atoms. The van der Waals surface area contributed by atoms with E-state index >= 15 is 0 Å². The second-order valence-corrected chi connectivity index (χ2v) is 2.95. The van der Waals surface area contributed by atoms with Crippen LogP contribution in [0.4, 0.5) is 5.69 Å². The largest absolute Gasteiger partial charge is 0.470 e. The van der Waals surface area contributed by atoms with Crippen molar-refractivity contribution >= 4 is 17.5 Å². The average Bonchev–Trinajstić information content (AvgIpc) is 2.23. The van der Waals surface area contributed by atoms with Crippen LogP contribution in [0.2, 0.25) is 0 Å². The van der Waals surface area contributed by atoms with Crippen LogP contribution in [0.25, 0.3) is 0 Å². The molecule has 0 radical (unpaired) electrons. The van der Waals surface area contributed by atoms with Crippen molar-refractivity contribution in [2.24, 2.45) is 5.10 Å². The Labute approximate surface area is 81.8 Å². The highest BCUT2D eigenvalue weighted by atomic mass is 16.5. The van der Waals surface area contributed by atoms with Crippen molar-refractivity contribution in [3.05, 3.63) is 30.3 Å². The smallest absolute Gasteiger partial charge is 0.285 e. The molecule has 1 amide bonds. The summed E-state index contributed by atoms with van der Waals surface area (Å²) in [5, 5.41) is 5.37. The van der Waals surface area contributed by atoms with Crippen LogP contribution in [0.5, 0.6) is 0 Å². The highest BCUT2D eigenvalue weighted by Gasteiger charge is 2.20. The van der Waals surface area contributed by atoms with Gasteiger partial charge in [-0.1, -0.05) is 18.2 Å². The highest BCUT2D eigenvalue weighted by Crippen LogP contribution is 2.16. The van der Waals surface area contributed by atoms with E-state index in [1.54, 1.807) is 6.92 Å². The zero-order chi connectivity index (χ0) is 9.97. The summed E-state index contributed by atoms with van der Waals surface area (Å²) in [6, 6.07) is 9.29. The van der Waals surface area contributed by atoms with Crippen LogP contribution < -0.4 is 5.01 Å². The van der Waals surface area contributed by atoms with E-state index in [-0.39, 0.29) is 12.5 Å². The van der Waals surface area contributed by atoms with Gasteiger partial charge in [0.25, 0.3) is 5.91 Å². The molecule has 0 atom stereocenters. The monoisotopic (exact) mass is 190 g/mol. The first-order valence-corrected chi connectivity index (χ1v) is 4.33. The van der Waals surface area contributed by atoms with Crippen molar-refractivity contribution in [2.45, 2.75) is 6.92 Å². The third kappa shape index (κ3) is 1.59. The number of para-hydroxylation sites is 1. The minimum Gasteiger partial charge on any atom is -0.470 e. The molecule has 72 valence electrons. The molecule has 2 rings (SSSR count). The fourth-order valence-corrected chi connectivity index (χ4v) is 1.22. The molecular formula is C10H10N2O2. The summed E-state index contributed by atoms with van der Waals surface area (Å²) in [5.41, 5.74) is 0.764. The summed E-state index contributed by atoms with van der Waals surface area (Å²) in [6.45, 7) is 1.78. The number of anilines is 1. The Morgan fingerprint density at radius 2 is 2.07 bits per heavy atom. The second kappa shape index (κ2) is 3.49. The van der Waals surface area contributed by atoms with E-state index in [1.165, 1.54) is 5.01 Å². The Kier molecular flexibility index (Phi) is 2.18. The molecule has 1 aliphatic heterocycles. The number of benzene rings is 1. The molecule has 1 aromatic rings. The van der Waals surface area contributed by atoms with E-state index < -0.39 is 0 Å². The van der Waals surface area contributed by atoms with Crippen molar-refractivity contribution in [3.8, 4) is 0 Å². The summed E-state index contributed by atoms with van der Waals surface area (Å²) >= 11 is 0. The van der Waals surface area contributed by atoms with Crippen LogP contribution in [-0.4, -0.2) is 18.4 Å². The topological polar surface area (TPSA) is 41.9 Å². The molecule has 0 bridgehead atoms. The molecule has 0 aliphatic carbocycles. The molecule has 0 saturated carbocycles. The summed E-state index contributed by atoms with van der Waals surface area (Å²) in [4.78, 5) is 11.4. The molecule has 1 aliphatic rings. The molecule has 4 heteroatoms. The zero-order valence-corrected chi connectivity index (χ0v) is 7.80. The van der Waals surface area contributed by atoms with Gasteiger partial charge in [-0.2, -0.15) is 5.01 Å². The van der Waals surface area contributed by atoms with Crippen molar-refractivity contribution < 1.29 is 9.53 Å². The number of carbonyl (C=O) groups excluding carboxylic acids is 1. The maximum Gasteiger partial charge on any atom is 0.285 e. The van der Waals surface area contributed by atoms with Gasteiger partial charge in [0.15, 0.2) is 6.61 Å². The Morgan fingerprint density at radius 1 is 1.36 bits per heavy atom. The molecule has 0 saturated heterocycles. The Morgan fingerprint density at radius 3 is 2.79 bits per heavy atom. The molecule has 0 N–H and O–H groups in total. The number of carbonyl (C=O) groups is 1. The molecule has 1 aromatic carbocycles. The maximum absolute atomic E-state index is 11.4. The zero-order valence-electron chi connectivity index (χ0n) is 7.80. The van der Waals surface area contributed by atoms with E-state index in [0.29, 0.717) is 5.90 Å². The van der Waals surface area contributed by atoms with Gasteiger partial charge in [-0.15, -0.1) is 5.10 Å². The predicted molar refractivity (Wildman–Crippen MR) is 53.0 cm³/mol. The van der Waals surface area contributed by atoms with E-state index in [4.69, 9.17) is 4.74 Å². The van der Waals surface area contributed by atoms with Crippen LogP contribution >= 0.6 is 0 Å². The summed E-state index contributed by atoms with van der Waals surface area (Å²) < 4.78 is 5.00. The lowest BCUT2D eigenvalue weighted by Crippen LogP contribution is -2.35. The van der Waals surface area contributed by atoms with Crippen LogP contribution in [0, 0.1) is 0 Å². The van der Waals surface area contributed by atoms with Gasteiger partial charge in [-0.25, -0.2) is 0 Å². The molecular weight excluding hydrogens is 180 g/mol. The first kappa shape index (κ1) is 8.74. The molecule has 0 spiro atoms. The van der Waals surface area contributed by atoms with Gasteiger partial charge in [-0.05, 0) is 12.1 Å². The minimum atomic E-state index is -0.151. The Balaban J connectivity index is 2.34. The minimum absolute atomic E-state index is 0.0597. The Bertz CT molecular complexity index is 373. The average molecular weight is 190 g/mol. The molecule has 0 fully saturated rings. The number of nitrogens with zero attached hydrogens (tertiary/aromatic N) is 2. The van der Waals surface area contributed by atoms with E-state index in [9.17, 15) is 4.79 Å². The molecule has 1 heterocycles. The standard InChI is InChI=1S/C10H10N2O2/c1-8-11-12(10(13)7-14-8)9-5-3-2-4-6-9/h2-6H,7H2,1H3. The van der Waals surface area contributed by atoms with Crippen LogP contribution in [-0.2, 0) is 9.53 Å². The first-order chi connectivity index (χ1) is 6.77. The van der Waals surface area contributed by atoms with Gasteiger partial charge in [-0.3, -0.25) is 4.79 Å². The van der Waals surface area contributed by atoms with E-state index in [0.717, 1.165) is 5.69 Å². The van der Waals surface area contributed by atoms with Gasteiger partial charge >= 0.3 is 0 Å². The number of amides is 1. The lowest BCUT2D eigenvalue weighted by Gasteiger charge is -2.22. The first-order valence-electron chi connectivity index (χ1n) is 4.33. The lowest BCUT2D eigenvalue weighted by atomic mass is 10.3. The number of hydrogen-bond acceptors (Lipinski definition) is 3. The number of hydrazone groups is 1. The van der Waals surface area contributed by atoms with Crippen LogP contribution in [0.1, 0.15) is 6.92 Å². The summed E-state index contributed by atoms with van der Waals surface area (Å²) in [6.07, 6.45) is 0. The van der Waals surface area contributed by atoms with Gasteiger partial charge < -0.3 is 4.74 Å². The molecule has 0 aromatic heterocycles. The predicted octanol–water partition coefficient (Wildman–Crippen LogP) is 1.38. The van der Waals surface area contributed by atoms with Crippen molar-refractivity contribution in [1.82, 2.24) is 0 Å². The quantitative estimate of drug-likeness (QED) is 0.671. The van der Waals surface area contributed by atoms with E-state index in [1.807, 2.05) is 30.3 Å². The summed E-state index contributed by atoms with van der Waals surface area (Å²) in [5.74, 6) is 0.357. The van der Waals surface area contributed by atoms with Crippen LogP contribution in [0.3, 0.4) is 0 Å². The van der Waals surface area contributed by atoms with Crippen molar-refractivity contribution in [1.29, 1.82) is 0 Å². The third-order valence-corrected chi connectivity index (χ3v) is 1.88. The van der Waals surface area contributed by atoms with Gasteiger partial charge in [0.2, 0.25) is 5.90 Å². The number of ether oxygens (including phenoxy) is 1. The van der Waals surface area contributed by atoms with Gasteiger partial charge in [0, 0.05) is 6.92 Å². The maximum atomic E-state index is 11.4. The normalized spacial score (nSPS) is 16.2.